The van der Waals surface area contributed by atoms with Crippen molar-refractivity contribution >= 4 is 0 Å². The first kappa shape index (κ1) is 8.48. The Kier molecular flexibility index (Phi) is 5.29. The molecule has 0 aliphatic carbocycles. The van der Waals surface area contributed by atoms with Crippen LogP contribution in [0.1, 0.15) is 6.92 Å². The van der Waals surface area contributed by atoms with Crippen LogP contribution in [0.3, 0.4) is 0 Å². The van der Waals surface area contributed by atoms with Gasteiger partial charge in [0.1, 0.15) is 6.61 Å². The van der Waals surface area contributed by atoms with Crippen LogP contribution in [0.5, 0.6) is 0 Å². The molecule has 0 aliphatic rings. The lowest BCUT2D eigenvalue weighted by atomic mass is 10.7. The van der Waals surface area contributed by atoms with Crippen LogP contribution < -0.4 is 0 Å². The van der Waals surface area contributed by atoms with Gasteiger partial charge in [-0.1, -0.05) is 5.92 Å². The average molecular weight is 127 g/mol. The van der Waals surface area contributed by atoms with Crippen molar-refractivity contribution in [3.05, 3.63) is 6.92 Å². The molecule has 1 atom stereocenters. The van der Waals surface area contributed by atoms with Crippen molar-refractivity contribution in [3.8, 4) is 12.3 Å². The van der Waals surface area contributed by atoms with E-state index in [0.29, 0.717) is 6.61 Å². The standard InChI is InChI=1S/C7H11O2/c1-4-6-9-7(3)8-5-2/h1,7H,3,5-6H2,2H3. The summed E-state index contributed by atoms with van der Waals surface area (Å²) >= 11 is 0. The molecular weight excluding hydrogens is 116 g/mol. The summed E-state index contributed by atoms with van der Waals surface area (Å²) in [6, 6.07) is 0. The Morgan fingerprint density at radius 3 is 2.78 bits per heavy atom. The third-order valence-electron chi connectivity index (χ3n) is 0.705. The Morgan fingerprint density at radius 2 is 2.33 bits per heavy atom. The maximum Gasteiger partial charge on any atom is 0.159 e. The lowest BCUT2D eigenvalue weighted by Gasteiger charge is -2.08. The first-order valence-electron chi connectivity index (χ1n) is 2.81. The smallest absolute Gasteiger partial charge is 0.159 e. The number of rotatable bonds is 4. The Hall–Kier alpha value is -0.520. The van der Waals surface area contributed by atoms with Gasteiger partial charge in [0.05, 0.1) is 0 Å². The molecule has 51 valence electrons. The van der Waals surface area contributed by atoms with E-state index in [9.17, 15) is 0 Å². The molecule has 0 saturated carbocycles. The van der Waals surface area contributed by atoms with E-state index in [-0.39, 0.29) is 6.61 Å². The highest BCUT2D eigenvalue weighted by Gasteiger charge is 1.96. The molecule has 1 radical (unpaired) electrons. The van der Waals surface area contributed by atoms with Crippen molar-refractivity contribution in [3.63, 3.8) is 0 Å². The molecule has 0 aliphatic heterocycles. The third-order valence-corrected chi connectivity index (χ3v) is 0.705. The van der Waals surface area contributed by atoms with Gasteiger partial charge in [-0.25, -0.2) is 0 Å². The topological polar surface area (TPSA) is 18.5 Å². The first-order chi connectivity index (χ1) is 4.31. The van der Waals surface area contributed by atoms with E-state index >= 15 is 0 Å². The molecule has 0 rings (SSSR count). The van der Waals surface area contributed by atoms with Gasteiger partial charge in [0.2, 0.25) is 0 Å². The molecular formula is C7H11O2. The second kappa shape index (κ2) is 5.61. The lowest BCUT2D eigenvalue weighted by Crippen LogP contribution is -2.12. The maximum absolute atomic E-state index is 4.92. The molecule has 1 unspecified atom stereocenters. The summed E-state index contributed by atoms with van der Waals surface area (Å²) in [5.41, 5.74) is 0. The Labute approximate surface area is 56.2 Å². The zero-order chi connectivity index (χ0) is 7.11. The van der Waals surface area contributed by atoms with Crippen LogP contribution in [0, 0.1) is 19.3 Å². The minimum atomic E-state index is -0.425. The van der Waals surface area contributed by atoms with Crippen LogP contribution in [0.25, 0.3) is 0 Å². The van der Waals surface area contributed by atoms with Crippen LogP contribution in [0.4, 0.5) is 0 Å². The molecule has 2 heteroatoms. The van der Waals surface area contributed by atoms with Crippen molar-refractivity contribution in [1.29, 1.82) is 0 Å². The van der Waals surface area contributed by atoms with Crippen LogP contribution in [-0.2, 0) is 9.47 Å². The van der Waals surface area contributed by atoms with Crippen LogP contribution in [-0.4, -0.2) is 19.5 Å². The van der Waals surface area contributed by atoms with Gasteiger partial charge in [0, 0.05) is 13.5 Å². The van der Waals surface area contributed by atoms with Crippen molar-refractivity contribution in [2.24, 2.45) is 0 Å². The summed E-state index contributed by atoms with van der Waals surface area (Å²) < 4.78 is 9.78. The molecule has 0 amide bonds. The van der Waals surface area contributed by atoms with E-state index in [1.54, 1.807) is 0 Å². The third kappa shape index (κ3) is 5.35. The zero-order valence-corrected chi connectivity index (χ0v) is 5.59. The molecule has 2 nitrogen and oxygen atoms in total. The van der Waals surface area contributed by atoms with Crippen molar-refractivity contribution < 1.29 is 9.47 Å². The Morgan fingerprint density at radius 1 is 1.67 bits per heavy atom. The highest BCUT2D eigenvalue weighted by atomic mass is 16.7. The minimum absolute atomic E-state index is 0.258. The van der Waals surface area contributed by atoms with E-state index in [0.717, 1.165) is 0 Å². The predicted molar refractivity (Wildman–Crippen MR) is 35.6 cm³/mol. The van der Waals surface area contributed by atoms with Crippen LogP contribution >= 0.6 is 0 Å². The van der Waals surface area contributed by atoms with E-state index < -0.39 is 6.29 Å². The fourth-order valence-electron chi connectivity index (χ4n) is 0.375. The van der Waals surface area contributed by atoms with Gasteiger partial charge in [-0.2, -0.15) is 0 Å². The van der Waals surface area contributed by atoms with Crippen molar-refractivity contribution in [2.75, 3.05) is 13.2 Å². The largest absolute Gasteiger partial charge is 0.353 e. The lowest BCUT2D eigenvalue weighted by molar-refractivity contribution is -0.0991. The summed E-state index contributed by atoms with van der Waals surface area (Å²) in [6.45, 7) is 6.25. The predicted octanol–water partition coefficient (Wildman–Crippen LogP) is 0.833. The SMILES string of the molecule is C#CCOC([CH2])OCC. The summed E-state index contributed by atoms with van der Waals surface area (Å²) in [5.74, 6) is 2.31. The number of hydrogen-bond acceptors (Lipinski definition) is 2. The molecule has 0 fully saturated rings. The second-order valence-electron chi connectivity index (χ2n) is 1.40. The maximum atomic E-state index is 4.92. The molecule has 0 heterocycles. The van der Waals surface area contributed by atoms with Crippen LogP contribution in [0.15, 0.2) is 0 Å². The zero-order valence-electron chi connectivity index (χ0n) is 5.59. The Balaban J connectivity index is 3.07. The molecule has 0 saturated heterocycles. The van der Waals surface area contributed by atoms with E-state index in [2.05, 4.69) is 12.8 Å². The highest BCUT2D eigenvalue weighted by Crippen LogP contribution is 1.89. The number of terminal acetylenes is 1. The molecule has 0 aromatic carbocycles. The van der Waals surface area contributed by atoms with Crippen LogP contribution in [0.2, 0.25) is 0 Å². The monoisotopic (exact) mass is 127 g/mol. The summed E-state index contributed by atoms with van der Waals surface area (Å²) in [4.78, 5) is 0. The van der Waals surface area contributed by atoms with E-state index in [1.165, 1.54) is 0 Å². The van der Waals surface area contributed by atoms with E-state index in [1.807, 2.05) is 6.92 Å². The normalized spacial score (nSPS) is 12.6. The van der Waals surface area contributed by atoms with Crippen molar-refractivity contribution in [2.45, 2.75) is 13.2 Å². The van der Waals surface area contributed by atoms with Gasteiger partial charge in [-0.15, -0.1) is 6.42 Å². The molecule has 0 N–H and O–H groups in total. The Bertz CT molecular complexity index is 93.6. The van der Waals surface area contributed by atoms with Gasteiger partial charge in [-0.3, -0.25) is 0 Å². The minimum Gasteiger partial charge on any atom is -0.353 e. The summed E-state index contributed by atoms with van der Waals surface area (Å²) in [7, 11) is 0. The fraction of sp³-hybridized carbons (Fsp3) is 0.571. The second-order valence-corrected chi connectivity index (χ2v) is 1.40. The van der Waals surface area contributed by atoms with Gasteiger partial charge in [0.15, 0.2) is 6.29 Å². The quantitative estimate of drug-likeness (QED) is 0.411. The van der Waals surface area contributed by atoms with Gasteiger partial charge in [-0.05, 0) is 6.92 Å². The molecule has 9 heavy (non-hydrogen) atoms. The van der Waals surface area contributed by atoms with Gasteiger partial charge < -0.3 is 9.47 Å². The first-order valence-corrected chi connectivity index (χ1v) is 2.81. The van der Waals surface area contributed by atoms with E-state index in [4.69, 9.17) is 15.9 Å². The fourth-order valence-corrected chi connectivity index (χ4v) is 0.375. The highest BCUT2D eigenvalue weighted by molar-refractivity contribution is 4.83. The van der Waals surface area contributed by atoms with Crippen molar-refractivity contribution in [1.82, 2.24) is 0 Å². The van der Waals surface area contributed by atoms with Gasteiger partial charge >= 0.3 is 0 Å². The summed E-state index contributed by atoms with van der Waals surface area (Å²) in [5, 5.41) is 0. The molecule has 0 aromatic heterocycles. The molecule has 0 spiro atoms. The number of ether oxygens (including phenoxy) is 2. The summed E-state index contributed by atoms with van der Waals surface area (Å²) in [6.07, 6.45) is 4.49. The van der Waals surface area contributed by atoms with Gasteiger partial charge in [0.25, 0.3) is 0 Å². The average Bonchev–Trinajstić information content (AvgIpc) is 1.85. The number of hydrogen-bond donors (Lipinski definition) is 0. The molecule has 0 aromatic rings. The molecule has 0 bridgehead atoms.